The minimum atomic E-state index is 0.477. The van der Waals surface area contributed by atoms with Gasteiger partial charge in [-0.3, -0.25) is 0 Å². The van der Waals surface area contributed by atoms with E-state index in [0.29, 0.717) is 11.9 Å². The molecular formula is C13H17Cl2N. The Bertz CT molecular complexity index is 378. The van der Waals surface area contributed by atoms with Crippen molar-refractivity contribution in [3.05, 3.63) is 28.8 Å². The van der Waals surface area contributed by atoms with Crippen LogP contribution >= 0.6 is 23.2 Å². The van der Waals surface area contributed by atoms with Crippen molar-refractivity contribution in [1.29, 1.82) is 0 Å². The summed E-state index contributed by atoms with van der Waals surface area (Å²) in [6.07, 6.45) is 1.26. The van der Waals surface area contributed by atoms with Crippen molar-refractivity contribution in [2.45, 2.75) is 32.2 Å². The molecule has 0 amide bonds. The maximum atomic E-state index is 6.18. The molecule has 1 fully saturated rings. The van der Waals surface area contributed by atoms with Crippen molar-refractivity contribution < 1.29 is 0 Å². The number of anilines is 1. The minimum absolute atomic E-state index is 0.477. The summed E-state index contributed by atoms with van der Waals surface area (Å²) in [6.45, 7) is 5.69. The van der Waals surface area contributed by atoms with Gasteiger partial charge in [-0.2, -0.15) is 0 Å². The lowest BCUT2D eigenvalue weighted by Gasteiger charge is -2.24. The van der Waals surface area contributed by atoms with E-state index in [1.54, 1.807) is 0 Å². The van der Waals surface area contributed by atoms with Crippen molar-refractivity contribution in [2.75, 3.05) is 11.4 Å². The highest BCUT2D eigenvalue weighted by Crippen LogP contribution is 2.31. The van der Waals surface area contributed by atoms with Crippen LogP contribution in [0.1, 0.15) is 25.8 Å². The van der Waals surface area contributed by atoms with Gasteiger partial charge in [0.25, 0.3) is 0 Å². The summed E-state index contributed by atoms with van der Waals surface area (Å²) in [5, 5.41) is 0.777. The summed E-state index contributed by atoms with van der Waals surface area (Å²) in [5.41, 5.74) is 2.22. The van der Waals surface area contributed by atoms with Crippen LogP contribution in [-0.2, 0) is 5.88 Å². The van der Waals surface area contributed by atoms with Crippen LogP contribution in [0.15, 0.2) is 18.2 Å². The van der Waals surface area contributed by atoms with Gasteiger partial charge in [-0.15, -0.1) is 11.6 Å². The average Bonchev–Trinajstić information content (AvgIpc) is 2.58. The summed E-state index contributed by atoms with van der Waals surface area (Å²) >= 11 is 12.0. The first-order valence-electron chi connectivity index (χ1n) is 5.73. The number of alkyl halides is 1. The molecule has 88 valence electrons. The Morgan fingerprint density at radius 1 is 1.38 bits per heavy atom. The monoisotopic (exact) mass is 257 g/mol. The molecule has 16 heavy (non-hydrogen) atoms. The van der Waals surface area contributed by atoms with Gasteiger partial charge in [0.15, 0.2) is 0 Å². The Kier molecular flexibility index (Phi) is 3.66. The van der Waals surface area contributed by atoms with E-state index >= 15 is 0 Å². The molecular weight excluding hydrogens is 241 g/mol. The second-order valence-electron chi connectivity index (χ2n) is 4.75. The first-order chi connectivity index (χ1) is 7.61. The fraction of sp³-hybridized carbons (Fsp3) is 0.538. The lowest BCUT2D eigenvalue weighted by atomic mass is 10.1. The number of rotatable bonds is 2. The van der Waals surface area contributed by atoms with Crippen LogP contribution in [0, 0.1) is 5.92 Å². The topological polar surface area (TPSA) is 3.24 Å². The third-order valence-corrected chi connectivity index (χ3v) is 3.94. The van der Waals surface area contributed by atoms with E-state index in [1.165, 1.54) is 12.1 Å². The highest BCUT2D eigenvalue weighted by atomic mass is 35.5. The van der Waals surface area contributed by atoms with E-state index in [0.717, 1.165) is 23.0 Å². The molecule has 1 aliphatic heterocycles. The van der Waals surface area contributed by atoms with Gasteiger partial charge in [0.2, 0.25) is 0 Å². The van der Waals surface area contributed by atoms with Crippen LogP contribution < -0.4 is 4.90 Å². The van der Waals surface area contributed by atoms with Crippen molar-refractivity contribution in [3.8, 4) is 0 Å². The quantitative estimate of drug-likeness (QED) is 0.714. The van der Waals surface area contributed by atoms with Crippen LogP contribution in [0.25, 0.3) is 0 Å². The van der Waals surface area contributed by atoms with Gasteiger partial charge in [0.05, 0.1) is 0 Å². The molecule has 1 saturated heterocycles. The Labute approximate surface area is 107 Å². The molecule has 1 aromatic carbocycles. The standard InChI is InChI=1S/C13H17Cl2N/c1-9-5-10(2)16(8-9)12-4-3-11(7-14)13(15)6-12/h3-4,6,9-10H,5,7-8H2,1-2H3. The Morgan fingerprint density at radius 3 is 2.62 bits per heavy atom. The normalized spacial score (nSPS) is 25.1. The van der Waals surface area contributed by atoms with E-state index in [4.69, 9.17) is 23.2 Å². The van der Waals surface area contributed by atoms with E-state index in [9.17, 15) is 0 Å². The maximum Gasteiger partial charge on any atom is 0.0488 e. The van der Waals surface area contributed by atoms with Crippen molar-refractivity contribution in [2.24, 2.45) is 5.92 Å². The highest BCUT2D eigenvalue weighted by molar-refractivity contribution is 6.32. The molecule has 1 aromatic rings. The van der Waals surface area contributed by atoms with Gasteiger partial charge in [0.1, 0.15) is 0 Å². The SMILES string of the molecule is CC1CC(C)N(c2ccc(CCl)c(Cl)c2)C1. The summed E-state index contributed by atoms with van der Waals surface area (Å²) < 4.78 is 0. The molecule has 2 unspecified atom stereocenters. The summed E-state index contributed by atoms with van der Waals surface area (Å²) in [7, 11) is 0. The molecule has 0 radical (unpaired) electrons. The average molecular weight is 258 g/mol. The van der Waals surface area contributed by atoms with E-state index in [-0.39, 0.29) is 0 Å². The zero-order valence-corrected chi connectivity index (χ0v) is 11.2. The molecule has 0 bridgehead atoms. The molecule has 3 heteroatoms. The Hall–Kier alpha value is -0.400. The van der Waals surface area contributed by atoms with Crippen molar-refractivity contribution >= 4 is 28.9 Å². The summed E-state index contributed by atoms with van der Waals surface area (Å²) in [4.78, 5) is 2.43. The van der Waals surface area contributed by atoms with Gasteiger partial charge < -0.3 is 4.90 Å². The van der Waals surface area contributed by atoms with E-state index < -0.39 is 0 Å². The predicted octanol–water partition coefficient (Wildman–Crippen LogP) is 4.31. The van der Waals surface area contributed by atoms with Gasteiger partial charge in [-0.05, 0) is 37.0 Å². The lowest BCUT2D eigenvalue weighted by molar-refractivity contribution is 0.625. The van der Waals surface area contributed by atoms with Crippen LogP contribution in [-0.4, -0.2) is 12.6 Å². The smallest absolute Gasteiger partial charge is 0.0488 e. The number of benzene rings is 1. The summed E-state index contributed by atoms with van der Waals surface area (Å²) in [6, 6.07) is 6.79. The van der Waals surface area contributed by atoms with Gasteiger partial charge in [-0.25, -0.2) is 0 Å². The Morgan fingerprint density at radius 2 is 2.12 bits per heavy atom. The van der Waals surface area contributed by atoms with Crippen molar-refractivity contribution in [3.63, 3.8) is 0 Å². The van der Waals surface area contributed by atoms with Crippen molar-refractivity contribution in [1.82, 2.24) is 0 Å². The second kappa shape index (κ2) is 4.85. The van der Waals surface area contributed by atoms with Gasteiger partial charge >= 0.3 is 0 Å². The van der Waals surface area contributed by atoms with Crippen LogP contribution in [0.4, 0.5) is 5.69 Å². The molecule has 0 aromatic heterocycles. The minimum Gasteiger partial charge on any atom is -0.369 e. The van der Waals surface area contributed by atoms with Crippen LogP contribution in [0.5, 0.6) is 0 Å². The fourth-order valence-electron chi connectivity index (χ4n) is 2.48. The number of nitrogens with zero attached hydrogens (tertiary/aromatic N) is 1. The molecule has 1 aliphatic rings. The molecule has 1 heterocycles. The number of hydrogen-bond donors (Lipinski definition) is 0. The molecule has 2 atom stereocenters. The fourth-order valence-corrected chi connectivity index (χ4v) is 3.03. The molecule has 0 N–H and O–H groups in total. The molecule has 0 spiro atoms. The van der Waals surface area contributed by atoms with Crippen LogP contribution in [0.3, 0.4) is 0 Å². The number of halogens is 2. The zero-order chi connectivity index (χ0) is 11.7. The Balaban J connectivity index is 2.24. The predicted molar refractivity (Wildman–Crippen MR) is 71.6 cm³/mol. The van der Waals surface area contributed by atoms with Gasteiger partial charge in [-0.1, -0.05) is 24.6 Å². The highest BCUT2D eigenvalue weighted by Gasteiger charge is 2.26. The lowest BCUT2D eigenvalue weighted by Crippen LogP contribution is -2.26. The molecule has 0 aliphatic carbocycles. The third kappa shape index (κ3) is 2.31. The molecule has 2 rings (SSSR count). The first-order valence-corrected chi connectivity index (χ1v) is 6.64. The van der Waals surface area contributed by atoms with Gasteiger partial charge in [0, 0.05) is 29.2 Å². The second-order valence-corrected chi connectivity index (χ2v) is 5.43. The largest absolute Gasteiger partial charge is 0.369 e. The van der Waals surface area contributed by atoms with Crippen LogP contribution in [0.2, 0.25) is 5.02 Å². The zero-order valence-electron chi connectivity index (χ0n) is 9.71. The first kappa shape index (κ1) is 12.1. The maximum absolute atomic E-state index is 6.18. The molecule has 1 nitrogen and oxygen atoms in total. The summed E-state index contributed by atoms with van der Waals surface area (Å²) in [5.74, 6) is 1.24. The third-order valence-electron chi connectivity index (χ3n) is 3.30. The number of hydrogen-bond acceptors (Lipinski definition) is 1. The van der Waals surface area contributed by atoms with E-state index in [1.807, 2.05) is 12.1 Å². The molecule has 0 saturated carbocycles. The van der Waals surface area contributed by atoms with E-state index in [2.05, 4.69) is 24.8 Å².